The van der Waals surface area contributed by atoms with Gasteiger partial charge in [0.1, 0.15) is 24.5 Å². The Hall–Kier alpha value is -3.59. The van der Waals surface area contributed by atoms with Gasteiger partial charge in [-0.1, -0.05) is 42.5 Å². The Morgan fingerprint density at radius 1 is 1.00 bits per heavy atom. The molecule has 0 aromatic heterocycles. The minimum absolute atomic E-state index is 0.176. The van der Waals surface area contributed by atoms with Crippen LogP contribution in [0.4, 0.5) is 4.79 Å². The van der Waals surface area contributed by atoms with E-state index in [1.165, 1.54) is 0 Å². The maximum atomic E-state index is 12.5. The van der Waals surface area contributed by atoms with Crippen LogP contribution in [0.2, 0.25) is 0 Å². The van der Waals surface area contributed by atoms with Gasteiger partial charge < -0.3 is 30.0 Å². The van der Waals surface area contributed by atoms with Gasteiger partial charge in [-0.2, -0.15) is 0 Å². The summed E-state index contributed by atoms with van der Waals surface area (Å²) in [5.41, 5.74) is 0.868. The van der Waals surface area contributed by atoms with Gasteiger partial charge in [0.15, 0.2) is 0 Å². The number of hydrogen-bond acceptors (Lipinski definition) is 7. The molecule has 0 spiro atoms. The lowest BCUT2D eigenvalue weighted by molar-refractivity contribution is -0.146. The number of aliphatic hydroxyl groups is 1. The molecule has 0 unspecified atom stereocenters. The Balaban J connectivity index is 2.06. The number of amides is 2. The topological polar surface area (TPSA) is 123 Å². The van der Waals surface area contributed by atoms with E-state index >= 15 is 0 Å². The second-order valence-electron chi connectivity index (χ2n) is 8.82. The van der Waals surface area contributed by atoms with E-state index in [4.69, 9.17) is 14.2 Å². The zero-order valence-corrected chi connectivity index (χ0v) is 20.6. The normalized spacial score (nSPS) is 12.7. The van der Waals surface area contributed by atoms with Crippen molar-refractivity contribution >= 4 is 18.0 Å². The smallest absolute Gasteiger partial charge is 0.408 e. The predicted octanol–water partition coefficient (Wildman–Crippen LogP) is 3.26. The Morgan fingerprint density at radius 3 is 2.26 bits per heavy atom. The van der Waals surface area contributed by atoms with Gasteiger partial charge in [-0.15, -0.1) is 0 Å². The zero-order valence-electron chi connectivity index (χ0n) is 20.6. The lowest BCUT2D eigenvalue weighted by atomic mass is 9.99. The Labute approximate surface area is 205 Å². The van der Waals surface area contributed by atoms with Gasteiger partial charge in [-0.25, -0.2) is 4.79 Å². The maximum absolute atomic E-state index is 12.5. The quantitative estimate of drug-likeness (QED) is 0.417. The SMILES string of the molecule is CCOC(=O)C[C@H](O)[C@@H](NC(=O)CNC(=O)OC(C)(C)C)c1ccc(OCc2ccccc2)cc1. The van der Waals surface area contributed by atoms with Gasteiger partial charge in [-0.05, 0) is 51.0 Å². The fraction of sp³-hybridized carbons (Fsp3) is 0.423. The first kappa shape index (κ1) is 27.7. The van der Waals surface area contributed by atoms with Crippen LogP contribution in [0.25, 0.3) is 0 Å². The lowest BCUT2D eigenvalue weighted by Gasteiger charge is -2.25. The summed E-state index contributed by atoms with van der Waals surface area (Å²) in [7, 11) is 0. The van der Waals surface area contributed by atoms with Gasteiger partial charge in [0.25, 0.3) is 0 Å². The van der Waals surface area contributed by atoms with Crippen molar-refractivity contribution in [3.8, 4) is 5.75 Å². The third-order valence-electron chi connectivity index (χ3n) is 4.66. The third-order valence-corrected chi connectivity index (χ3v) is 4.66. The number of hydrogen-bond donors (Lipinski definition) is 3. The van der Waals surface area contributed by atoms with Crippen molar-refractivity contribution in [2.24, 2.45) is 0 Å². The molecule has 3 N–H and O–H groups in total. The van der Waals surface area contributed by atoms with Crippen LogP contribution in [0.15, 0.2) is 54.6 Å². The predicted molar refractivity (Wildman–Crippen MR) is 130 cm³/mol. The molecule has 2 amide bonds. The maximum Gasteiger partial charge on any atom is 0.408 e. The standard InChI is InChI=1S/C26H34N2O7/c1-5-33-23(31)15-21(29)24(28-22(30)16-27-25(32)35-26(2,3)4)19-11-13-20(14-12-19)34-17-18-9-7-6-8-10-18/h6-14,21,24,29H,5,15-17H2,1-4H3,(H,27,32)(H,28,30)/t21-,24-/m0/s1. The van der Waals surface area contributed by atoms with E-state index in [1.54, 1.807) is 52.0 Å². The summed E-state index contributed by atoms with van der Waals surface area (Å²) in [5, 5.41) is 15.7. The van der Waals surface area contributed by atoms with Crippen LogP contribution in [0.3, 0.4) is 0 Å². The van der Waals surface area contributed by atoms with Crippen molar-refractivity contribution in [1.82, 2.24) is 10.6 Å². The molecule has 2 atom stereocenters. The van der Waals surface area contributed by atoms with Crippen molar-refractivity contribution in [2.75, 3.05) is 13.2 Å². The number of alkyl carbamates (subject to hydrolysis) is 1. The molecule has 0 aliphatic heterocycles. The summed E-state index contributed by atoms with van der Waals surface area (Å²) in [5.74, 6) is -0.545. The van der Waals surface area contributed by atoms with Crippen molar-refractivity contribution in [2.45, 2.75) is 58.5 Å². The van der Waals surface area contributed by atoms with E-state index in [0.29, 0.717) is 17.9 Å². The summed E-state index contributed by atoms with van der Waals surface area (Å²) in [6.45, 7) is 7.00. The van der Waals surface area contributed by atoms with Gasteiger partial charge in [0.2, 0.25) is 5.91 Å². The molecule has 0 saturated heterocycles. The second kappa shape index (κ2) is 13.3. The number of nitrogens with one attached hydrogen (secondary N) is 2. The second-order valence-corrected chi connectivity index (χ2v) is 8.82. The fourth-order valence-electron chi connectivity index (χ4n) is 3.11. The number of carbonyl (C=O) groups is 3. The first-order chi connectivity index (χ1) is 16.6. The Bertz CT molecular complexity index is 956. The molecular formula is C26H34N2O7. The van der Waals surface area contributed by atoms with Crippen molar-refractivity contribution in [3.63, 3.8) is 0 Å². The molecule has 9 heteroatoms. The van der Waals surface area contributed by atoms with Crippen LogP contribution in [-0.4, -0.2) is 47.9 Å². The monoisotopic (exact) mass is 486 g/mol. The molecule has 35 heavy (non-hydrogen) atoms. The summed E-state index contributed by atoms with van der Waals surface area (Å²) in [4.78, 5) is 36.2. The summed E-state index contributed by atoms with van der Waals surface area (Å²) >= 11 is 0. The highest BCUT2D eigenvalue weighted by Gasteiger charge is 2.26. The summed E-state index contributed by atoms with van der Waals surface area (Å²) < 4.78 is 15.8. The van der Waals surface area contributed by atoms with Crippen molar-refractivity contribution in [1.29, 1.82) is 0 Å². The average Bonchev–Trinajstić information content (AvgIpc) is 2.80. The van der Waals surface area contributed by atoms with Crippen LogP contribution < -0.4 is 15.4 Å². The number of ether oxygens (including phenoxy) is 3. The highest BCUT2D eigenvalue weighted by Crippen LogP contribution is 2.23. The zero-order chi connectivity index (χ0) is 25.8. The largest absolute Gasteiger partial charge is 0.489 e. The number of rotatable bonds is 11. The van der Waals surface area contributed by atoms with Gasteiger partial charge in [0.05, 0.1) is 25.2 Å². The number of esters is 1. The molecule has 2 aromatic carbocycles. The lowest BCUT2D eigenvalue weighted by Crippen LogP contribution is -2.43. The molecule has 190 valence electrons. The molecule has 0 aliphatic carbocycles. The molecule has 0 fully saturated rings. The van der Waals surface area contributed by atoms with E-state index in [9.17, 15) is 19.5 Å². The van der Waals surface area contributed by atoms with E-state index in [-0.39, 0.29) is 19.6 Å². The fourth-order valence-corrected chi connectivity index (χ4v) is 3.11. The number of aliphatic hydroxyl groups excluding tert-OH is 1. The highest BCUT2D eigenvalue weighted by molar-refractivity contribution is 5.82. The Kier molecular flexibility index (Phi) is 10.5. The van der Waals surface area contributed by atoms with Gasteiger partial charge in [0, 0.05) is 0 Å². The molecule has 0 aliphatic rings. The highest BCUT2D eigenvalue weighted by atomic mass is 16.6. The van der Waals surface area contributed by atoms with E-state index in [1.807, 2.05) is 30.3 Å². The molecule has 9 nitrogen and oxygen atoms in total. The first-order valence-corrected chi connectivity index (χ1v) is 11.4. The Morgan fingerprint density at radius 2 is 1.66 bits per heavy atom. The molecule has 0 heterocycles. The minimum Gasteiger partial charge on any atom is -0.489 e. The molecule has 0 saturated carbocycles. The first-order valence-electron chi connectivity index (χ1n) is 11.4. The van der Waals surface area contributed by atoms with Crippen LogP contribution >= 0.6 is 0 Å². The van der Waals surface area contributed by atoms with Crippen LogP contribution in [0.5, 0.6) is 5.75 Å². The van der Waals surface area contributed by atoms with Gasteiger partial charge in [-0.3, -0.25) is 9.59 Å². The van der Waals surface area contributed by atoms with Crippen LogP contribution in [0.1, 0.15) is 51.3 Å². The minimum atomic E-state index is -1.25. The molecular weight excluding hydrogens is 452 g/mol. The van der Waals surface area contributed by atoms with Crippen LogP contribution in [0, 0.1) is 0 Å². The molecule has 2 rings (SSSR count). The molecule has 2 aromatic rings. The van der Waals surface area contributed by atoms with Crippen LogP contribution in [-0.2, 0) is 25.7 Å². The third kappa shape index (κ3) is 10.5. The average molecular weight is 487 g/mol. The summed E-state index contributed by atoms with van der Waals surface area (Å²) in [6, 6.07) is 15.6. The number of benzene rings is 2. The van der Waals surface area contributed by atoms with E-state index in [2.05, 4.69) is 10.6 Å². The molecule has 0 bridgehead atoms. The van der Waals surface area contributed by atoms with Gasteiger partial charge >= 0.3 is 12.1 Å². The van der Waals surface area contributed by atoms with E-state index in [0.717, 1.165) is 5.56 Å². The van der Waals surface area contributed by atoms with Crippen molar-refractivity contribution < 1.29 is 33.7 Å². The van der Waals surface area contributed by atoms with E-state index < -0.39 is 35.7 Å². The number of carbonyl (C=O) groups excluding carboxylic acids is 3. The molecule has 0 radical (unpaired) electrons. The summed E-state index contributed by atoms with van der Waals surface area (Å²) in [6.07, 6.45) is -2.31. The van der Waals surface area contributed by atoms with Crippen molar-refractivity contribution in [3.05, 3.63) is 65.7 Å².